The van der Waals surface area contributed by atoms with E-state index in [9.17, 15) is 14.4 Å². The highest BCUT2D eigenvalue weighted by atomic mass is 16.6. The highest BCUT2D eigenvalue weighted by Gasteiger charge is 2.30. The van der Waals surface area contributed by atoms with Gasteiger partial charge >= 0.3 is 18.0 Å². The zero-order valence-electron chi connectivity index (χ0n) is 23.0. The van der Waals surface area contributed by atoms with Gasteiger partial charge in [-0.05, 0) is 34.2 Å². The molecule has 1 unspecified atom stereocenters. The van der Waals surface area contributed by atoms with Crippen molar-refractivity contribution in [1.82, 2.24) is 5.32 Å². The summed E-state index contributed by atoms with van der Waals surface area (Å²) in [7, 11) is 0. The van der Waals surface area contributed by atoms with Crippen LogP contribution in [-0.2, 0) is 30.4 Å². The fraction of sp³-hybridized carbons (Fsp3) is 0.364. The zero-order chi connectivity index (χ0) is 28.2. The predicted molar refractivity (Wildman–Crippen MR) is 153 cm³/mol. The minimum Gasteiger partial charge on any atom is -0.463 e. The van der Waals surface area contributed by atoms with Crippen LogP contribution in [0.15, 0.2) is 78.9 Å². The van der Waals surface area contributed by atoms with Gasteiger partial charge in [0, 0.05) is 12.3 Å². The van der Waals surface area contributed by atoms with Crippen LogP contribution < -0.4 is 5.32 Å². The maximum atomic E-state index is 12.9. The molecule has 1 amide bonds. The number of hydrogen-bond acceptors (Lipinski definition) is 6. The molecular formula is C33H37NO6. The van der Waals surface area contributed by atoms with Crippen molar-refractivity contribution in [2.24, 2.45) is 0 Å². The molecule has 0 spiro atoms. The molecule has 0 heterocycles. The molecule has 1 aliphatic carbocycles. The third-order valence-electron chi connectivity index (χ3n) is 7.04. The van der Waals surface area contributed by atoms with Gasteiger partial charge < -0.3 is 19.5 Å². The lowest BCUT2D eigenvalue weighted by atomic mass is 9.98. The lowest BCUT2D eigenvalue weighted by molar-refractivity contribution is -0.153. The van der Waals surface area contributed by atoms with Gasteiger partial charge in [-0.25, -0.2) is 9.59 Å². The molecule has 7 nitrogen and oxygen atoms in total. The van der Waals surface area contributed by atoms with Gasteiger partial charge in [-0.1, -0.05) is 111 Å². The summed E-state index contributed by atoms with van der Waals surface area (Å²) >= 11 is 0. The van der Waals surface area contributed by atoms with Gasteiger partial charge in [-0.2, -0.15) is 0 Å². The number of unbranched alkanes of at least 4 members (excludes halogenated alkanes) is 4. The molecule has 4 rings (SSSR count). The third-order valence-corrected chi connectivity index (χ3v) is 7.04. The summed E-state index contributed by atoms with van der Waals surface area (Å²) in [5.74, 6) is -1.23. The number of alkyl carbamates (subject to hydrolysis) is 1. The van der Waals surface area contributed by atoms with E-state index in [1.54, 1.807) is 0 Å². The lowest BCUT2D eigenvalue weighted by Gasteiger charge is -2.19. The maximum absolute atomic E-state index is 12.9. The standard InChI is InChI=1S/C33H37NO6/c1-2-3-4-5-9-20-31(35)38-23-30(32(36)39-21-24-14-7-6-8-15-24)34-33(37)40-22-29-27-18-12-10-16-25(27)26-17-11-13-19-28(26)29/h6-8,10-19,29-30H,2-5,9,20-23H2,1H3,(H,34,37). The topological polar surface area (TPSA) is 90.9 Å². The minimum atomic E-state index is -1.19. The second-order valence-corrected chi connectivity index (χ2v) is 9.96. The fourth-order valence-corrected chi connectivity index (χ4v) is 4.90. The Morgan fingerprint density at radius 1 is 0.750 bits per heavy atom. The monoisotopic (exact) mass is 543 g/mol. The molecule has 3 aromatic rings. The molecule has 40 heavy (non-hydrogen) atoms. The molecule has 0 aliphatic heterocycles. The van der Waals surface area contributed by atoms with E-state index in [0.29, 0.717) is 0 Å². The maximum Gasteiger partial charge on any atom is 0.407 e. The summed E-state index contributed by atoms with van der Waals surface area (Å²) in [5.41, 5.74) is 5.22. The van der Waals surface area contributed by atoms with Crippen molar-refractivity contribution in [3.05, 3.63) is 95.6 Å². The summed E-state index contributed by atoms with van der Waals surface area (Å²) in [6, 6.07) is 24.1. The van der Waals surface area contributed by atoms with Crippen molar-refractivity contribution in [1.29, 1.82) is 0 Å². The largest absolute Gasteiger partial charge is 0.463 e. The van der Waals surface area contributed by atoms with Crippen molar-refractivity contribution in [2.75, 3.05) is 13.2 Å². The molecule has 1 N–H and O–H groups in total. The van der Waals surface area contributed by atoms with Gasteiger partial charge in [-0.3, -0.25) is 4.79 Å². The number of rotatable bonds is 14. The highest BCUT2D eigenvalue weighted by molar-refractivity contribution is 5.82. The Labute approximate surface area is 235 Å². The van der Waals surface area contributed by atoms with Crippen LogP contribution in [0.1, 0.15) is 68.1 Å². The number of benzene rings is 3. The second-order valence-electron chi connectivity index (χ2n) is 9.96. The van der Waals surface area contributed by atoms with Crippen molar-refractivity contribution >= 4 is 18.0 Å². The van der Waals surface area contributed by atoms with E-state index in [1.165, 1.54) is 0 Å². The first kappa shape index (κ1) is 28.9. The predicted octanol–water partition coefficient (Wildman–Crippen LogP) is 6.54. The number of hydrogen-bond donors (Lipinski definition) is 1. The number of amides is 1. The normalized spacial score (nSPS) is 12.6. The van der Waals surface area contributed by atoms with Gasteiger partial charge in [0.25, 0.3) is 0 Å². The van der Waals surface area contributed by atoms with Crippen LogP contribution in [0.4, 0.5) is 4.79 Å². The van der Waals surface area contributed by atoms with Crippen LogP contribution in [0.25, 0.3) is 11.1 Å². The Balaban J connectivity index is 1.34. The molecule has 0 fully saturated rings. The molecular weight excluding hydrogens is 506 g/mol. The first-order valence-electron chi connectivity index (χ1n) is 14.0. The molecule has 210 valence electrons. The average Bonchev–Trinajstić information content (AvgIpc) is 3.31. The number of carbonyl (C=O) groups is 3. The second kappa shape index (κ2) is 14.9. The van der Waals surface area contributed by atoms with Crippen LogP contribution in [0.3, 0.4) is 0 Å². The Kier molecular flexibility index (Phi) is 10.7. The van der Waals surface area contributed by atoms with Crippen LogP contribution in [0.5, 0.6) is 0 Å². The van der Waals surface area contributed by atoms with Gasteiger partial charge in [0.2, 0.25) is 0 Å². The smallest absolute Gasteiger partial charge is 0.407 e. The van der Waals surface area contributed by atoms with Crippen molar-refractivity contribution < 1.29 is 28.6 Å². The molecule has 7 heteroatoms. The summed E-state index contributed by atoms with van der Waals surface area (Å²) in [5, 5.41) is 2.55. The molecule has 1 atom stereocenters. The number of ether oxygens (including phenoxy) is 3. The summed E-state index contributed by atoms with van der Waals surface area (Å²) in [6.45, 7) is 1.94. The molecule has 0 aromatic heterocycles. The lowest BCUT2D eigenvalue weighted by Crippen LogP contribution is -2.45. The van der Waals surface area contributed by atoms with Gasteiger partial charge in [-0.15, -0.1) is 0 Å². The Morgan fingerprint density at radius 2 is 1.38 bits per heavy atom. The number of carbonyl (C=O) groups excluding carboxylic acids is 3. The van der Waals surface area contributed by atoms with Gasteiger partial charge in [0.05, 0.1) is 0 Å². The van der Waals surface area contributed by atoms with Gasteiger partial charge in [0.15, 0.2) is 6.04 Å². The molecule has 0 radical (unpaired) electrons. The number of nitrogens with one attached hydrogen (secondary N) is 1. The molecule has 0 saturated carbocycles. The summed E-state index contributed by atoms with van der Waals surface area (Å²) in [6.07, 6.45) is 4.49. The van der Waals surface area contributed by atoms with Crippen molar-refractivity contribution in [3.63, 3.8) is 0 Å². The van der Waals surface area contributed by atoms with E-state index in [1.807, 2.05) is 66.7 Å². The molecule has 1 aliphatic rings. The number of fused-ring (bicyclic) bond motifs is 3. The first-order valence-corrected chi connectivity index (χ1v) is 14.0. The molecule has 0 saturated heterocycles. The van der Waals surface area contributed by atoms with E-state index in [2.05, 4.69) is 24.4 Å². The molecule has 0 bridgehead atoms. The average molecular weight is 544 g/mol. The van der Waals surface area contributed by atoms with Crippen LogP contribution in [0.2, 0.25) is 0 Å². The van der Waals surface area contributed by atoms with E-state index in [-0.39, 0.29) is 32.2 Å². The number of esters is 2. The quantitative estimate of drug-likeness (QED) is 0.141. The summed E-state index contributed by atoms with van der Waals surface area (Å²) in [4.78, 5) is 38.0. The summed E-state index contributed by atoms with van der Waals surface area (Å²) < 4.78 is 16.4. The highest BCUT2D eigenvalue weighted by Crippen LogP contribution is 2.44. The Hall–Kier alpha value is -4.13. The molecule has 3 aromatic carbocycles. The zero-order valence-corrected chi connectivity index (χ0v) is 23.0. The van der Waals surface area contributed by atoms with Crippen molar-refractivity contribution in [2.45, 2.75) is 64.0 Å². The van der Waals surface area contributed by atoms with Crippen molar-refractivity contribution in [3.8, 4) is 11.1 Å². The third kappa shape index (κ3) is 7.94. The SMILES string of the molecule is CCCCCCCC(=O)OCC(NC(=O)OCC1c2ccccc2-c2ccccc21)C(=O)OCc1ccccc1. The van der Waals surface area contributed by atoms with E-state index >= 15 is 0 Å². The van der Waals surface area contributed by atoms with E-state index in [4.69, 9.17) is 14.2 Å². The Bertz CT molecular complexity index is 1230. The van der Waals surface area contributed by atoms with E-state index < -0.39 is 24.1 Å². The van der Waals surface area contributed by atoms with Crippen LogP contribution >= 0.6 is 0 Å². The Morgan fingerprint density at radius 3 is 2.05 bits per heavy atom. The minimum absolute atomic E-state index is 0.0356. The van der Waals surface area contributed by atoms with E-state index in [0.717, 1.165) is 59.9 Å². The van der Waals surface area contributed by atoms with Gasteiger partial charge in [0.1, 0.15) is 19.8 Å². The fourth-order valence-electron chi connectivity index (χ4n) is 4.90. The van der Waals surface area contributed by atoms with Crippen LogP contribution in [0, 0.1) is 0 Å². The van der Waals surface area contributed by atoms with Crippen LogP contribution in [-0.4, -0.2) is 37.3 Å². The first-order chi connectivity index (χ1) is 19.6.